The van der Waals surface area contributed by atoms with Crippen LogP contribution in [0.25, 0.3) is 0 Å². The Morgan fingerprint density at radius 2 is 2.21 bits per heavy atom. The van der Waals surface area contributed by atoms with Crippen LogP contribution in [0.1, 0.15) is 44.9 Å². The molecule has 2 rings (SSSR count). The molecular weight excluding hydrogens is 238 g/mol. The van der Waals surface area contributed by atoms with Crippen LogP contribution < -0.4 is 10.2 Å². The molecule has 0 unspecified atom stereocenters. The fraction of sp³-hybridized carbons (Fsp3) is 0.643. The van der Waals surface area contributed by atoms with Gasteiger partial charge >= 0.3 is 0 Å². The molecule has 1 heterocycles. The predicted molar refractivity (Wildman–Crippen MR) is 76.3 cm³/mol. The van der Waals surface area contributed by atoms with Gasteiger partial charge in [-0.1, -0.05) is 0 Å². The minimum absolute atomic E-state index is 0.319. The first-order chi connectivity index (χ1) is 9.15. The average molecular weight is 259 g/mol. The van der Waals surface area contributed by atoms with Gasteiger partial charge in [-0.15, -0.1) is 0 Å². The van der Waals surface area contributed by atoms with Crippen LogP contribution in [0.2, 0.25) is 0 Å². The zero-order valence-electron chi connectivity index (χ0n) is 11.8. The second-order valence-electron chi connectivity index (χ2n) is 5.19. The number of hydrogen-bond acceptors (Lipinski definition) is 5. The molecule has 1 aromatic heterocycles. The van der Waals surface area contributed by atoms with Crippen LogP contribution in [0.5, 0.6) is 0 Å². The highest BCUT2D eigenvalue weighted by Gasteiger charge is 2.28. The van der Waals surface area contributed by atoms with E-state index < -0.39 is 0 Å². The van der Waals surface area contributed by atoms with Crippen molar-refractivity contribution in [1.82, 2.24) is 9.97 Å². The van der Waals surface area contributed by atoms with Crippen LogP contribution in [0.3, 0.4) is 0 Å². The van der Waals surface area contributed by atoms with E-state index in [-0.39, 0.29) is 0 Å². The predicted octanol–water partition coefficient (Wildman–Crippen LogP) is 2.52. The van der Waals surface area contributed by atoms with Gasteiger partial charge in [-0.25, -0.2) is 9.97 Å². The summed E-state index contributed by atoms with van der Waals surface area (Å²) in [5, 5.41) is 11.9. The second kappa shape index (κ2) is 5.87. The molecule has 19 heavy (non-hydrogen) atoms. The van der Waals surface area contributed by atoms with Gasteiger partial charge in [0.25, 0.3) is 0 Å². The molecule has 1 fully saturated rings. The molecule has 5 heteroatoms. The molecule has 0 amide bonds. The van der Waals surface area contributed by atoms with Crippen LogP contribution in [0, 0.1) is 11.3 Å². The van der Waals surface area contributed by atoms with Gasteiger partial charge in [0, 0.05) is 31.6 Å². The quantitative estimate of drug-likeness (QED) is 0.850. The van der Waals surface area contributed by atoms with Gasteiger partial charge in [-0.2, -0.15) is 5.26 Å². The second-order valence-corrected chi connectivity index (χ2v) is 5.19. The maximum atomic E-state index is 8.78. The Labute approximate surface area is 114 Å². The maximum absolute atomic E-state index is 8.78. The Morgan fingerprint density at radius 3 is 2.74 bits per heavy atom. The van der Waals surface area contributed by atoms with Crippen LogP contribution >= 0.6 is 0 Å². The SMILES string of the molecule is CNc1cc(N(CCC#N)C(C)C)nc(C2CC2)n1. The number of nitriles is 1. The van der Waals surface area contributed by atoms with Gasteiger partial charge in [-0.3, -0.25) is 0 Å². The Hall–Kier alpha value is -1.83. The van der Waals surface area contributed by atoms with Gasteiger partial charge in [0.05, 0.1) is 12.5 Å². The molecule has 0 spiro atoms. The van der Waals surface area contributed by atoms with E-state index in [4.69, 9.17) is 5.26 Å². The Bertz CT molecular complexity index is 473. The number of nitrogens with one attached hydrogen (secondary N) is 1. The summed E-state index contributed by atoms with van der Waals surface area (Å²) in [5.41, 5.74) is 0. The molecule has 0 bridgehead atoms. The molecule has 1 aliphatic rings. The van der Waals surface area contributed by atoms with Crippen LogP contribution in [-0.2, 0) is 0 Å². The highest BCUT2D eigenvalue weighted by molar-refractivity contribution is 5.50. The summed E-state index contributed by atoms with van der Waals surface area (Å²) >= 11 is 0. The van der Waals surface area contributed by atoms with E-state index in [1.807, 2.05) is 13.1 Å². The van der Waals surface area contributed by atoms with E-state index >= 15 is 0 Å². The molecule has 0 saturated heterocycles. The molecule has 0 radical (unpaired) electrons. The van der Waals surface area contributed by atoms with E-state index in [0.29, 0.717) is 24.9 Å². The first-order valence-corrected chi connectivity index (χ1v) is 6.86. The van der Waals surface area contributed by atoms with Crippen molar-refractivity contribution in [1.29, 1.82) is 5.26 Å². The van der Waals surface area contributed by atoms with E-state index in [1.54, 1.807) is 0 Å². The lowest BCUT2D eigenvalue weighted by atomic mass is 10.2. The zero-order chi connectivity index (χ0) is 13.8. The number of rotatable bonds is 6. The highest BCUT2D eigenvalue weighted by atomic mass is 15.2. The van der Waals surface area contributed by atoms with E-state index in [2.05, 4.69) is 40.1 Å². The van der Waals surface area contributed by atoms with Gasteiger partial charge in [-0.05, 0) is 26.7 Å². The minimum atomic E-state index is 0.319. The molecule has 0 aromatic carbocycles. The summed E-state index contributed by atoms with van der Waals surface area (Å²) in [4.78, 5) is 11.4. The Balaban J connectivity index is 2.29. The van der Waals surface area contributed by atoms with Crippen molar-refractivity contribution in [2.24, 2.45) is 0 Å². The van der Waals surface area contributed by atoms with Crippen molar-refractivity contribution in [2.45, 2.75) is 45.1 Å². The van der Waals surface area contributed by atoms with Crippen molar-refractivity contribution in [3.05, 3.63) is 11.9 Å². The molecule has 0 aliphatic heterocycles. The number of aromatic nitrogens is 2. The third-order valence-electron chi connectivity index (χ3n) is 3.31. The highest BCUT2D eigenvalue weighted by Crippen LogP contribution is 2.39. The number of hydrogen-bond donors (Lipinski definition) is 1. The average Bonchev–Trinajstić information content (AvgIpc) is 3.22. The third kappa shape index (κ3) is 3.34. The van der Waals surface area contributed by atoms with Gasteiger partial charge in [0.2, 0.25) is 0 Å². The van der Waals surface area contributed by atoms with Gasteiger partial charge < -0.3 is 10.2 Å². The molecule has 102 valence electrons. The molecule has 1 aliphatic carbocycles. The molecule has 1 saturated carbocycles. The molecular formula is C14H21N5. The Kier molecular flexibility index (Phi) is 4.20. The van der Waals surface area contributed by atoms with Crippen molar-refractivity contribution in [3.63, 3.8) is 0 Å². The van der Waals surface area contributed by atoms with Gasteiger partial charge in [0.15, 0.2) is 0 Å². The lowest BCUT2D eigenvalue weighted by Gasteiger charge is -2.27. The van der Waals surface area contributed by atoms with Crippen LogP contribution in [0.15, 0.2) is 6.07 Å². The summed E-state index contributed by atoms with van der Waals surface area (Å²) in [7, 11) is 1.87. The topological polar surface area (TPSA) is 64.8 Å². The maximum Gasteiger partial charge on any atom is 0.136 e. The fourth-order valence-corrected chi connectivity index (χ4v) is 2.06. The summed E-state index contributed by atoms with van der Waals surface area (Å²) in [5.74, 6) is 3.24. The van der Waals surface area contributed by atoms with E-state index in [0.717, 1.165) is 17.5 Å². The first-order valence-electron chi connectivity index (χ1n) is 6.86. The molecule has 0 atom stereocenters. The number of anilines is 2. The Morgan fingerprint density at radius 1 is 1.47 bits per heavy atom. The monoisotopic (exact) mass is 259 g/mol. The van der Waals surface area contributed by atoms with Crippen molar-refractivity contribution in [3.8, 4) is 6.07 Å². The third-order valence-corrected chi connectivity index (χ3v) is 3.31. The molecule has 1 aromatic rings. The lowest BCUT2D eigenvalue weighted by molar-refractivity contribution is 0.672. The van der Waals surface area contributed by atoms with Crippen molar-refractivity contribution >= 4 is 11.6 Å². The molecule has 1 N–H and O–H groups in total. The first kappa shape index (κ1) is 13.6. The van der Waals surface area contributed by atoms with E-state index in [1.165, 1.54) is 12.8 Å². The minimum Gasteiger partial charge on any atom is -0.373 e. The van der Waals surface area contributed by atoms with Crippen molar-refractivity contribution in [2.75, 3.05) is 23.8 Å². The summed E-state index contributed by atoms with van der Waals surface area (Å²) < 4.78 is 0. The number of nitrogens with zero attached hydrogens (tertiary/aromatic N) is 4. The normalized spacial score (nSPS) is 14.3. The summed E-state index contributed by atoms with van der Waals surface area (Å²) in [6.45, 7) is 4.95. The fourth-order valence-electron chi connectivity index (χ4n) is 2.06. The van der Waals surface area contributed by atoms with Crippen LogP contribution in [0.4, 0.5) is 11.6 Å². The lowest BCUT2D eigenvalue weighted by Crippen LogP contribution is -2.32. The van der Waals surface area contributed by atoms with E-state index in [9.17, 15) is 0 Å². The summed E-state index contributed by atoms with van der Waals surface area (Å²) in [6, 6.07) is 4.48. The zero-order valence-corrected chi connectivity index (χ0v) is 11.8. The smallest absolute Gasteiger partial charge is 0.136 e. The van der Waals surface area contributed by atoms with Crippen molar-refractivity contribution < 1.29 is 0 Å². The standard InChI is InChI=1S/C14H21N5/c1-10(2)19(8-4-7-15)13-9-12(16-3)17-14(18-13)11-5-6-11/h9-11H,4-6,8H2,1-3H3,(H,16,17,18). The van der Waals surface area contributed by atoms with Crippen LogP contribution in [-0.4, -0.2) is 29.6 Å². The van der Waals surface area contributed by atoms with Gasteiger partial charge in [0.1, 0.15) is 17.5 Å². The summed E-state index contributed by atoms with van der Waals surface area (Å²) in [6.07, 6.45) is 2.88. The largest absolute Gasteiger partial charge is 0.373 e. The molecule has 5 nitrogen and oxygen atoms in total.